The fourth-order valence-electron chi connectivity index (χ4n) is 3.04. The number of anilines is 1. The molecule has 6 heteroatoms. The molecule has 1 aliphatic heterocycles. The van der Waals surface area contributed by atoms with E-state index in [2.05, 4.69) is 27.7 Å². The Morgan fingerprint density at radius 1 is 1.12 bits per heavy atom. The Morgan fingerprint density at radius 3 is 2.44 bits per heavy atom. The number of carbonyl (C=O) groups excluding carboxylic acids is 2. The molecule has 1 fully saturated rings. The van der Waals surface area contributed by atoms with Gasteiger partial charge in [0.15, 0.2) is 0 Å². The number of piperazine rings is 1. The predicted octanol–water partition coefficient (Wildman–Crippen LogP) is 1.09. The molecule has 1 aromatic carbocycles. The van der Waals surface area contributed by atoms with Gasteiger partial charge in [-0.1, -0.05) is 25.1 Å². The highest BCUT2D eigenvalue weighted by molar-refractivity contribution is 5.79. The van der Waals surface area contributed by atoms with Crippen LogP contribution in [0.15, 0.2) is 30.3 Å². The summed E-state index contributed by atoms with van der Waals surface area (Å²) in [5.74, 6) is 0.176. The zero-order valence-corrected chi connectivity index (χ0v) is 15.3. The summed E-state index contributed by atoms with van der Waals surface area (Å²) in [6, 6.07) is 10.3. The van der Waals surface area contributed by atoms with Gasteiger partial charge in [0.25, 0.3) is 0 Å². The average Bonchev–Trinajstić information content (AvgIpc) is 2.66. The van der Waals surface area contributed by atoms with Gasteiger partial charge in [0, 0.05) is 57.3 Å². The molecular formula is C19H30N4O2. The summed E-state index contributed by atoms with van der Waals surface area (Å²) in [4.78, 5) is 28.4. The van der Waals surface area contributed by atoms with Crippen molar-refractivity contribution in [2.75, 3.05) is 51.2 Å². The number of nitrogens with one attached hydrogen (secondary N) is 2. The lowest BCUT2D eigenvalue weighted by Crippen LogP contribution is -2.48. The summed E-state index contributed by atoms with van der Waals surface area (Å²) in [5.41, 5.74) is 1.22. The zero-order valence-electron chi connectivity index (χ0n) is 15.3. The lowest BCUT2D eigenvalue weighted by atomic mass is 10.1. The van der Waals surface area contributed by atoms with E-state index >= 15 is 0 Å². The van der Waals surface area contributed by atoms with Gasteiger partial charge in [0.1, 0.15) is 0 Å². The van der Waals surface area contributed by atoms with Crippen molar-refractivity contribution in [3.05, 3.63) is 30.3 Å². The normalized spacial score (nSPS) is 15.8. The van der Waals surface area contributed by atoms with Gasteiger partial charge in [-0.25, -0.2) is 0 Å². The summed E-state index contributed by atoms with van der Waals surface area (Å²) in [7, 11) is 1.83. The van der Waals surface area contributed by atoms with E-state index < -0.39 is 0 Å². The van der Waals surface area contributed by atoms with E-state index in [0.717, 1.165) is 26.2 Å². The minimum absolute atomic E-state index is 0.0401. The second kappa shape index (κ2) is 10.0. The van der Waals surface area contributed by atoms with Crippen LogP contribution in [-0.2, 0) is 9.59 Å². The predicted molar refractivity (Wildman–Crippen MR) is 101 cm³/mol. The summed E-state index contributed by atoms with van der Waals surface area (Å²) in [6.07, 6.45) is 1.18. The largest absolute Gasteiger partial charge is 0.368 e. The molecule has 25 heavy (non-hydrogen) atoms. The van der Waals surface area contributed by atoms with Gasteiger partial charge in [0.2, 0.25) is 11.8 Å². The number of hydrogen-bond acceptors (Lipinski definition) is 4. The minimum Gasteiger partial charge on any atom is -0.368 e. The molecule has 1 aromatic rings. The fraction of sp³-hybridized carbons (Fsp3) is 0.579. The molecule has 1 unspecified atom stereocenters. The van der Waals surface area contributed by atoms with Crippen LogP contribution in [-0.4, -0.2) is 63.0 Å². The Morgan fingerprint density at radius 2 is 1.80 bits per heavy atom. The number of hydrogen-bond donors (Lipinski definition) is 2. The lowest BCUT2D eigenvalue weighted by Gasteiger charge is -2.36. The lowest BCUT2D eigenvalue weighted by molar-refractivity contribution is -0.132. The number of para-hydroxylation sites is 1. The van der Waals surface area contributed by atoms with Crippen LogP contribution < -0.4 is 15.5 Å². The molecule has 2 rings (SSSR count). The number of benzene rings is 1. The van der Waals surface area contributed by atoms with Crippen LogP contribution in [0.1, 0.15) is 19.8 Å². The van der Waals surface area contributed by atoms with E-state index in [1.54, 1.807) is 0 Å². The number of nitrogens with zero attached hydrogens (tertiary/aromatic N) is 2. The van der Waals surface area contributed by atoms with Gasteiger partial charge in [-0.15, -0.1) is 0 Å². The van der Waals surface area contributed by atoms with E-state index in [1.807, 2.05) is 37.1 Å². The standard InChI is InChI=1S/C19H30N4O2/c1-16(15-20-2)19(25)21-10-6-9-18(24)23-13-11-22(12-14-23)17-7-4-3-5-8-17/h3-5,7-8,16,20H,6,9-15H2,1-2H3,(H,21,25). The molecule has 138 valence electrons. The maximum absolute atomic E-state index is 12.3. The molecule has 1 aliphatic rings. The molecule has 1 atom stereocenters. The molecular weight excluding hydrogens is 316 g/mol. The second-order valence-electron chi connectivity index (χ2n) is 6.56. The molecule has 2 N–H and O–H groups in total. The van der Waals surface area contributed by atoms with Crippen molar-refractivity contribution in [1.82, 2.24) is 15.5 Å². The Hall–Kier alpha value is -2.08. The summed E-state index contributed by atoms with van der Waals surface area (Å²) < 4.78 is 0. The van der Waals surface area contributed by atoms with Gasteiger partial charge in [-0.2, -0.15) is 0 Å². The topological polar surface area (TPSA) is 64.7 Å². The number of amides is 2. The van der Waals surface area contributed by atoms with E-state index in [4.69, 9.17) is 0 Å². The molecule has 6 nitrogen and oxygen atoms in total. The van der Waals surface area contributed by atoms with Crippen LogP contribution in [0.3, 0.4) is 0 Å². The Balaban J connectivity index is 1.63. The van der Waals surface area contributed by atoms with Crippen LogP contribution in [0.4, 0.5) is 5.69 Å². The molecule has 0 spiro atoms. The molecule has 2 amide bonds. The minimum atomic E-state index is -0.0493. The molecule has 0 aliphatic carbocycles. The van der Waals surface area contributed by atoms with Crippen LogP contribution in [0.2, 0.25) is 0 Å². The first-order chi connectivity index (χ1) is 12.1. The van der Waals surface area contributed by atoms with Crippen molar-refractivity contribution < 1.29 is 9.59 Å². The molecule has 1 heterocycles. The maximum Gasteiger partial charge on any atom is 0.224 e. The fourth-order valence-corrected chi connectivity index (χ4v) is 3.04. The third-order valence-corrected chi connectivity index (χ3v) is 4.58. The van der Waals surface area contributed by atoms with Crippen molar-refractivity contribution in [2.45, 2.75) is 19.8 Å². The summed E-state index contributed by atoms with van der Waals surface area (Å²) in [5, 5.41) is 5.89. The van der Waals surface area contributed by atoms with Crippen LogP contribution in [0.25, 0.3) is 0 Å². The molecule has 0 radical (unpaired) electrons. The Labute approximate surface area is 150 Å². The first-order valence-corrected chi connectivity index (χ1v) is 9.12. The van der Waals surface area contributed by atoms with Gasteiger partial charge in [-0.3, -0.25) is 9.59 Å². The maximum atomic E-state index is 12.3. The van der Waals surface area contributed by atoms with Gasteiger partial charge < -0.3 is 20.4 Å². The molecule has 0 saturated carbocycles. The Kier molecular flexibility index (Phi) is 7.73. The Bertz CT molecular complexity index is 542. The SMILES string of the molecule is CNCC(C)C(=O)NCCCC(=O)N1CCN(c2ccccc2)CC1. The van der Waals surface area contributed by atoms with Crippen molar-refractivity contribution in [3.8, 4) is 0 Å². The van der Waals surface area contributed by atoms with Crippen molar-refractivity contribution in [1.29, 1.82) is 0 Å². The van der Waals surface area contributed by atoms with Crippen molar-refractivity contribution >= 4 is 17.5 Å². The quantitative estimate of drug-likeness (QED) is 0.692. The molecule has 0 bridgehead atoms. The average molecular weight is 346 g/mol. The van der Waals surface area contributed by atoms with Gasteiger partial charge in [-0.05, 0) is 25.6 Å². The summed E-state index contributed by atoms with van der Waals surface area (Å²) in [6.45, 7) is 6.38. The van der Waals surface area contributed by atoms with E-state index in [0.29, 0.717) is 25.9 Å². The van der Waals surface area contributed by atoms with Gasteiger partial charge in [0.05, 0.1) is 0 Å². The highest BCUT2D eigenvalue weighted by Gasteiger charge is 2.20. The van der Waals surface area contributed by atoms with Crippen molar-refractivity contribution in [3.63, 3.8) is 0 Å². The van der Waals surface area contributed by atoms with Crippen molar-refractivity contribution in [2.24, 2.45) is 5.92 Å². The molecule has 1 saturated heterocycles. The second-order valence-corrected chi connectivity index (χ2v) is 6.56. The van der Waals surface area contributed by atoms with Crippen LogP contribution in [0, 0.1) is 5.92 Å². The number of carbonyl (C=O) groups is 2. The smallest absolute Gasteiger partial charge is 0.224 e. The van der Waals surface area contributed by atoms with Crippen LogP contribution in [0.5, 0.6) is 0 Å². The van der Waals surface area contributed by atoms with Gasteiger partial charge >= 0.3 is 0 Å². The monoisotopic (exact) mass is 346 g/mol. The van der Waals surface area contributed by atoms with E-state index in [9.17, 15) is 9.59 Å². The first kappa shape index (κ1) is 19.2. The van der Waals surface area contributed by atoms with Crippen LogP contribution >= 0.6 is 0 Å². The third kappa shape index (κ3) is 6.05. The highest BCUT2D eigenvalue weighted by Crippen LogP contribution is 2.16. The highest BCUT2D eigenvalue weighted by atomic mass is 16.2. The summed E-state index contributed by atoms with van der Waals surface area (Å²) >= 11 is 0. The first-order valence-electron chi connectivity index (χ1n) is 9.12. The van der Waals surface area contributed by atoms with E-state index in [1.165, 1.54) is 5.69 Å². The molecule has 0 aromatic heterocycles. The number of rotatable bonds is 8. The third-order valence-electron chi connectivity index (χ3n) is 4.58. The zero-order chi connectivity index (χ0) is 18.1. The van der Waals surface area contributed by atoms with E-state index in [-0.39, 0.29) is 17.7 Å².